The molecule has 4 heteroatoms. The molecule has 0 fully saturated rings. The van der Waals surface area contributed by atoms with Crippen molar-refractivity contribution in [3.8, 4) is 0 Å². The van der Waals surface area contributed by atoms with Gasteiger partial charge in [0.1, 0.15) is 17.5 Å². The van der Waals surface area contributed by atoms with Crippen LogP contribution >= 0.6 is 0 Å². The Morgan fingerprint density at radius 2 is 1.81 bits per heavy atom. The highest BCUT2D eigenvalue weighted by Gasteiger charge is 2.01. The molecular formula is C17H22N4. The van der Waals surface area contributed by atoms with Crippen LogP contribution in [0.5, 0.6) is 0 Å². The van der Waals surface area contributed by atoms with Crippen LogP contribution in [0, 0.1) is 6.92 Å². The van der Waals surface area contributed by atoms with E-state index in [1.54, 1.807) is 0 Å². The van der Waals surface area contributed by atoms with Crippen LogP contribution in [0.25, 0.3) is 0 Å². The first-order valence-electron chi connectivity index (χ1n) is 7.26. The summed E-state index contributed by atoms with van der Waals surface area (Å²) in [4.78, 5) is 8.74. The lowest BCUT2D eigenvalue weighted by Gasteiger charge is -2.09. The van der Waals surface area contributed by atoms with Gasteiger partial charge in [-0.3, -0.25) is 0 Å². The molecule has 110 valence electrons. The van der Waals surface area contributed by atoms with Crippen LogP contribution in [0.4, 0.5) is 11.6 Å². The SMILES string of the molecule is C=CCNc1cc(NCCCc2ccccc2)nc(C)n1. The van der Waals surface area contributed by atoms with Gasteiger partial charge in [-0.1, -0.05) is 36.4 Å². The maximum Gasteiger partial charge on any atom is 0.132 e. The van der Waals surface area contributed by atoms with Gasteiger partial charge in [0, 0.05) is 19.2 Å². The molecule has 0 spiro atoms. The molecule has 1 aromatic carbocycles. The Kier molecular flexibility index (Phi) is 5.76. The van der Waals surface area contributed by atoms with E-state index < -0.39 is 0 Å². The van der Waals surface area contributed by atoms with Gasteiger partial charge in [0.05, 0.1) is 0 Å². The Balaban J connectivity index is 1.82. The summed E-state index contributed by atoms with van der Waals surface area (Å²) in [6.07, 6.45) is 3.95. The third-order valence-electron chi connectivity index (χ3n) is 3.06. The van der Waals surface area contributed by atoms with E-state index in [9.17, 15) is 0 Å². The minimum atomic E-state index is 0.698. The van der Waals surface area contributed by atoms with Gasteiger partial charge in [0.25, 0.3) is 0 Å². The lowest BCUT2D eigenvalue weighted by atomic mass is 10.1. The first kappa shape index (κ1) is 15.0. The fourth-order valence-corrected chi connectivity index (χ4v) is 2.08. The van der Waals surface area contributed by atoms with Crippen LogP contribution in [0.15, 0.2) is 49.1 Å². The van der Waals surface area contributed by atoms with E-state index in [-0.39, 0.29) is 0 Å². The van der Waals surface area contributed by atoms with E-state index in [0.717, 1.165) is 36.8 Å². The number of aromatic nitrogens is 2. The molecule has 0 radical (unpaired) electrons. The normalized spacial score (nSPS) is 10.1. The maximum absolute atomic E-state index is 4.40. The van der Waals surface area contributed by atoms with Crippen LogP contribution in [0.3, 0.4) is 0 Å². The van der Waals surface area contributed by atoms with Crippen LogP contribution in [-0.4, -0.2) is 23.1 Å². The average Bonchev–Trinajstić information content (AvgIpc) is 2.50. The Labute approximate surface area is 126 Å². The van der Waals surface area contributed by atoms with Gasteiger partial charge in [-0.05, 0) is 25.3 Å². The number of nitrogens with zero attached hydrogens (tertiary/aromatic N) is 2. The van der Waals surface area contributed by atoms with Gasteiger partial charge in [-0.2, -0.15) is 0 Å². The highest BCUT2D eigenvalue weighted by atomic mass is 15.1. The average molecular weight is 282 g/mol. The first-order valence-corrected chi connectivity index (χ1v) is 7.26. The predicted molar refractivity (Wildman–Crippen MR) is 88.7 cm³/mol. The standard InChI is InChI=1S/C17H22N4/c1-3-11-18-16-13-17(21-14(2)20-16)19-12-7-10-15-8-5-4-6-9-15/h3-6,8-9,13H,1,7,10-12H2,2H3,(H2,18,19,20,21). The van der Waals surface area contributed by atoms with Crippen molar-refractivity contribution in [2.45, 2.75) is 19.8 Å². The molecule has 0 atom stereocenters. The Bertz CT molecular complexity index is 566. The van der Waals surface area contributed by atoms with E-state index in [4.69, 9.17) is 0 Å². The second-order valence-electron chi connectivity index (χ2n) is 4.87. The van der Waals surface area contributed by atoms with E-state index in [1.165, 1.54) is 5.56 Å². The summed E-state index contributed by atoms with van der Waals surface area (Å²) in [7, 11) is 0. The van der Waals surface area contributed by atoms with Gasteiger partial charge in [-0.25, -0.2) is 9.97 Å². The molecule has 0 saturated carbocycles. The van der Waals surface area contributed by atoms with E-state index in [2.05, 4.69) is 51.4 Å². The van der Waals surface area contributed by atoms with E-state index >= 15 is 0 Å². The van der Waals surface area contributed by atoms with Crippen molar-refractivity contribution in [2.24, 2.45) is 0 Å². The second-order valence-corrected chi connectivity index (χ2v) is 4.87. The summed E-state index contributed by atoms with van der Waals surface area (Å²) in [5, 5.41) is 6.54. The molecule has 2 N–H and O–H groups in total. The number of hydrogen-bond acceptors (Lipinski definition) is 4. The van der Waals surface area contributed by atoms with Gasteiger partial charge in [-0.15, -0.1) is 6.58 Å². The van der Waals surface area contributed by atoms with Crippen molar-refractivity contribution in [3.63, 3.8) is 0 Å². The summed E-state index contributed by atoms with van der Waals surface area (Å²) in [5.74, 6) is 2.45. The number of anilines is 2. The number of benzene rings is 1. The number of aryl methyl sites for hydroxylation is 2. The molecule has 0 bridgehead atoms. The summed E-state index contributed by atoms with van der Waals surface area (Å²) in [6.45, 7) is 7.18. The zero-order valence-electron chi connectivity index (χ0n) is 12.5. The molecule has 0 aliphatic heterocycles. The predicted octanol–water partition coefficient (Wildman–Crippen LogP) is 3.43. The fraction of sp³-hybridized carbons (Fsp3) is 0.294. The largest absolute Gasteiger partial charge is 0.370 e. The second kappa shape index (κ2) is 8.04. The Morgan fingerprint density at radius 1 is 1.10 bits per heavy atom. The molecule has 2 aromatic rings. The Morgan fingerprint density at radius 3 is 2.52 bits per heavy atom. The smallest absolute Gasteiger partial charge is 0.132 e. The van der Waals surface area contributed by atoms with Gasteiger partial charge < -0.3 is 10.6 Å². The van der Waals surface area contributed by atoms with Gasteiger partial charge in [0.15, 0.2) is 0 Å². The monoisotopic (exact) mass is 282 g/mol. The van der Waals surface area contributed by atoms with Crippen molar-refractivity contribution in [2.75, 3.05) is 23.7 Å². The quantitative estimate of drug-likeness (QED) is 0.575. The highest BCUT2D eigenvalue weighted by molar-refractivity contribution is 5.47. The van der Waals surface area contributed by atoms with Crippen molar-refractivity contribution >= 4 is 11.6 Å². The highest BCUT2D eigenvalue weighted by Crippen LogP contribution is 2.11. The van der Waals surface area contributed by atoms with Crippen LogP contribution in [-0.2, 0) is 6.42 Å². The summed E-state index contributed by atoms with van der Waals surface area (Å²) in [5.41, 5.74) is 1.37. The fourth-order valence-electron chi connectivity index (χ4n) is 2.08. The molecule has 0 saturated heterocycles. The van der Waals surface area contributed by atoms with Gasteiger partial charge in [0.2, 0.25) is 0 Å². The van der Waals surface area contributed by atoms with Crippen molar-refractivity contribution in [1.82, 2.24) is 9.97 Å². The molecule has 2 rings (SSSR count). The minimum Gasteiger partial charge on any atom is -0.370 e. The Hall–Kier alpha value is -2.36. The molecule has 1 heterocycles. The first-order chi connectivity index (χ1) is 10.3. The molecular weight excluding hydrogens is 260 g/mol. The zero-order chi connectivity index (χ0) is 14.9. The third kappa shape index (κ3) is 5.26. The minimum absolute atomic E-state index is 0.698. The lowest BCUT2D eigenvalue weighted by Crippen LogP contribution is -2.08. The molecule has 0 aliphatic rings. The summed E-state index contributed by atoms with van der Waals surface area (Å²) in [6, 6.07) is 12.4. The molecule has 0 aliphatic carbocycles. The van der Waals surface area contributed by atoms with Gasteiger partial charge >= 0.3 is 0 Å². The molecule has 0 amide bonds. The summed E-state index contributed by atoms with van der Waals surface area (Å²) >= 11 is 0. The maximum atomic E-state index is 4.40. The van der Waals surface area contributed by atoms with E-state index in [1.807, 2.05) is 25.1 Å². The zero-order valence-corrected chi connectivity index (χ0v) is 12.5. The third-order valence-corrected chi connectivity index (χ3v) is 3.06. The number of hydrogen-bond donors (Lipinski definition) is 2. The van der Waals surface area contributed by atoms with Crippen LogP contribution < -0.4 is 10.6 Å². The topological polar surface area (TPSA) is 49.8 Å². The van der Waals surface area contributed by atoms with E-state index in [0.29, 0.717) is 6.54 Å². The molecule has 0 unspecified atom stereocenters. The van der Waals surface area contributed by atoms with Crippen molar-refractivity contribution < 1.29 is 0 Å². The molecule has 4 nitrogen and oxygen atoms in total. The number of nitrogens with one attached hydrogen (secondary N) is 2. The van der Waals surface area contributed by atoms with Crippen LogP contribution in [0.1, 0.15) is 17.8 Å². The number of rotatable bonds is 8. The molecule has 21 heavy (non-hydrogen) atoms. The van der Waals surface area contributed by atoms with Crippen molar-refractivity contribution in [3.05, 3.63) is 60.4 Å². The summed E-state index contributed by atoms with van der Waals surface area (Å²) < 4.78 is 0. The lowest BCUT2D eigenvalue weighted by molar-refractivity contribution is 0.856. The van der Waals surface area contributed by atoms with Crippen LogP contribution in [0.2, 0.25) is 0 Å². The van der Waals surface area contributed by atoms with Crippen molar-refractivity contribution in [1.29, 1.82) is 0 Å². The molecule has 1 aromatic heterocycles.